The number of anilines is 1. The van der Waals surface area contributed by atoms with Crippen molar-refractivity contribution in [3.05, 3.63) is 71.9 Å². The van der Waals surface area contributed by atoms with E-state index >= 15 is 0 Å². The molecule has 6 nitrogen and oxygen atoms in total. The molecule has 0 radical (unpaired) electrons. The standard InChI is InChI=1S/C19H17N3O3S/c20-18-17(14-2-1-3-15(8-14)19(21)23)9-16(10-22-18)13-6-4-12(5-7-13)11-26(24)25/h1-10,26H,11H2,(H2,20,22)(H2,21,23). The van der Waals surface area contributed by atoms with Crippen molar-refractivity contribution in [3.8, 4) is 22.3 Å². The molecule has 26 heavy (non-hydrogen) atoms. The van der Waals surface area contributed by atoms with Gasteiger partial charge in [0.25, 0.3) is 0 Å². The van der Waals surface area contributed by atoms with E-state index in [0.717, 1.165) is 22.3 Å². The molecule has 3 aromatic rings. The molecule has 132 valence electrons. The average Bonchev–Trinajstić information content (AvgIpc) is 2.62. The second kappa shape index (κ2) is 7.37. The Kier molecular flexibility index (Phi) is 4.99. The third kappa shape index (κ3) is 3.89. The maximum Gasteiger partial charge on any atom is 0.248 e. The molecule has 1 heterocycles. The first kappa shape index (κ1) is 17.6. The first-order valence-electron chi connectivity index (χ1n) is 7.81. The first-order chi connectivity index (χ1) is 12.4. The molecule has 1 aromatic heterocycles. The summed E-state index contributed by atoms with van der Waals surface area (Å²) < 4.78 is 21.6. The summed E-state index contributed by atoms with van der Waals surface area (Å²) in [6, 6.07) is 16.0. The van der Waals surface area contributed by atoms with Crippen molar-refractivity contribution in [2.45, 2.75) is 5.75 Å². The van der Waals surface area contributed by atoms with Gasteiger partial charge in [0.15, 0.2) is 0 Å². The van der Waals surface area contributed by atoms with Gasteiger partial charge in [-0.2, -0.15) is 0 Å². The predicted molar refractivity (Wildman–Crippen MR) is 102 cm³/mol. The van der Waals surface area contributed by atoms with Crippen molar-refractivity contribution < 1.29 is 13.2 Å². The van der Waals surface area contributed by atoms with Crippen LogP contribution in [0.2, 0.25) is 0 Å². The molecule has 0 atom stereocenters. The predicted octanol–water partition coefficient (Wildman–Crippen LogP) is 2.21. The van der Waals surface area contributed by atoms with E-state index in [4.69, 9.17) is 11.5 Å². The number of nitrogens with zero attached hydrogens (tertiary/aromatic N) is 1. The van der Waals surface area contributed by atoms with Gasteiger partial charge in [-0.05, 0) is 34.9 Å². The first-order valence-corrected chi connectivity index (χ1v) is 9.17. The number of thiol groups is 1. The van der Waals surface area contributed by atoms with Crippen LogP contribution in [0.15, 0.2) is 60.8 Å². The molecule has 1 amide bonds. The Morgan fingerprint density at radius 3 is 2.35 bits per heavy atom. The molecule has 0 saturated heterocycles. The van der Waals surface area contributed by atoms with Crippen LogP contribution in [0.1, 0.15) is 15.9 Å². The number of primary amides is 1. The quantitative estimate of drug-likeness (QED) is 0.598. The Bertz CT molecular complexity index is 1040. The number of benzene rings is 2. The highest BCUT2D eigenvalue weighted by Gasteiger charge is 2.09. The normalized spacial score (nSPS) is 10.8. The highest BCUT2D eigenvalue weighted by atomic mass is 32.2. The fourth-order valence-corrected chi connectivity index (χ4v) is 3.17. The third-order valence-electron chi connectivity index (χ3n) is 3.98. The number of pyridine rings is 1. The third-order valence-corrected chi connectivity index (χ3v) is 4.60. The second-order valence-electron chi connectivity index (χ2n) is 5.79. The van der Waals surface area contributed by atoms with Gasteiger partial charge < -0.3 is 11.5 Å². The summed E-state index contributed by atoms with van der Waals surface area (Å²) in [7, 11) is -2.46. The van der Waals surface area contributed by atoms with Crippen molar-refractivity contribution >= 4 is 22.4 Å². The molecule has 0 unspecified atom stereocenters. The number of hydrogen-bond acceptors (Lipinski definition) is 5. The Balaban J connectivity index is 2.00. The number of nitrogens with two attached hydrogens (primary N) is 2. The molecular formula is C19H17N3O3S. The number of rotatable bonds is 5. The van der Waals surface area contributed by atoms with Gasteiger partial charge in [0.1, 0.15) is 16.5 Å². The summed E-state index contributed by atoms with van der Waals surface area (Å²) in [6.07, 6.45) is 1.65. The number of carbonyl (C=O) groups is 1. The Labute approximate surface area is 152 Å². The lowest BCUT2D eigenvalue weighted by atomic mass is 9.99. The Morgan fingerprint density at radius 1 is 0.962 bits per heavy atom. The van der Waals surface area contributed by atoms with Crippen LogP contribution < -0.4 is 11.5 Å². The van der Waals surface area contributed by atoms with Gasteiger partial charge in [0.2, 0.25) is 5.91 Å². The summed E-state index contributed by atoms with van der Waals surface area (Å²) in [5, 5.41) is 0. The second-order valence-corrected chi connectivity index (χ2v) is 6.77. The minimum Gasteiger partial charge on any atom is -0.383 e. The molecule has 0 fully saturated rings. The summed E-state index contributed by atoms with van der Waals surface area (Å²) in [5.41, 5.74) is 15.6. The van der Waals surface area contributed by atoms with Gasteiger partial charge >= 0.3 is 0 Å². The van der Waals surface area contributed by atoms with Gasteiger partial charge in [0.05, 0.1) is 5.75 Å². The van der Waals surface area contributed by atoms with Crippen LogP contribution in [0.4, 0.5) is 5.82 Å². The Hall–Kier alpha value is -3.19. The van der Waals surface area contributed by atoms with Crippen LogP contribution in [0.5, 0.6) is 0 Å². The molecule has 0 spiro atoms. The van der Waals surface area contributed by atoms with Crippen molar-refractivity contribution in [1.29, 1.82) is 0 Å². The molecule has 0 saturated carbocycles. The summed E-state index contributed by atoms with van der Waals surface area (Å²) in [5.74, 6) is -0.155. The number of hydrogen-bond donors (Lipinski definition) is 3. The maximum absolute atomic E-state index is 11.4. The van der Waals surface area contributed by atoms with Gasteiger partial charge in [-0.1, -0.05) is 36.4 Å². The smallest absolute Gasteiger partial charge is 0.248 e. The van der Waals surface area contributed by atoms with Crippen LogP contribution in [-0.4, -0.2) is 19.3 Å². The van der Waals surface area contributed by atoms with Crippen molar-refractivity contribution in [2.75, 3.05) is 5.73 Å². The summed E-state index contributed by atoms with van der Waals surface area (Å²) >= 11 is 0. The lowest BCUT2D eigenvalue weighted by Gasteiger charge is -2.10. The number of aromatic nitrogens is 1. The zero-order valence-corrected chi connectivity index (χ0v) is 14.6. The molecular weight excluding hydrogens is 350 g/mol. The van der Waals surface area contributed by atoms with Gasteiger partial charge in [-0.3, -0.25) is 4.79 Å². The molecule has 0 aliphatic rings. The van der Waals surface area contributed by atoms with Crippen LogP contribution in [-0.2, 0) is 16.5 Å². The largest absolute Gasteiger partial charge is 0.383 e. The van der Waals surface area contributed by atoms with E-state index in [-0.39, 0.29) is 5.75 Å². The van der Waals surface area contributed by atoms with E-state index in [1.165, 1.54) is 0 Å². The molecule has 7 heteroatoms. The van der Waals surface area contributed by atoms with Crippen LogP contribution in [0.25, 0.3) is 22.3 Å². The van der Waals surface area contributed by atoms with Crippen molar-refractivity contribution in [1.82, 2.24) is 4.98 Å². The molecule has 0 bridgehead atoms. The van der Waals surface area contributed by atoms with E-state index in [1.54, 1.807) is 36.5 Å². The lowest BCUT2D eigenvalue weighted by Crippen LogP contribution is -2.10. The van der Waals surface area contributed by atoms with Crippen LogP contribution >= 0.6 is 0 Å². The van der Waals surface area contributed by atoms with E-state index in [9.17, 15) is 13.2 Å². The highest BCUT2D eigenvalue weighted by Crippen LogP contribution is 2.30. The van der Waals surface area contributed by atoms with Crippen molar-refractivity contribution in [2.24, 2.45) is 5.73 Å². The number of carbonyl (C=O) groups excluding carboxylic acids is 1. The van der Waals surface area contributed by atoms with Crippen molar-refractivity contribution in [3.63, 3.8) is 0 Å². The summed E-state index contributed by atoms with van der Waals surface area (Å²) in [6.45, 7) is 0. The minimum atomic E-state index is -2.46. The zero-order valence-electron chi connectivity index (χ0n) is 13.8. The number of amides is 1. The molecule has 0 aliphatic heterocycles. The molecule has 3 rings (SSSR count). The average molecular weight is 367 g/mol. The monoisotopic (exact) mass is 367 g/mol. The Morgan fingerprint density at radius 2 is 1.69 bits per heavy atom. The fourth-order valence-electron chi connectivity index (χ4n) is 2.66. The molecule has 4 N–H and O–H groups in total. The number of nitrogen functional groups attached to an aromatic ring is 1. The van der Waals surface area contributed by atoms with E-state index in [2.05, 4.69) is 4.98 Å². The molecule has 2 aromatic carbocycles. The van der Waals surface area contributed by atoms with Gasteiger partial charge in [-0.15, -0.1) is 0 Å². The SMILES string of the molecule is NC(=O)c1cccc(-c2cc(-c3ccc(C[SH](=O)=O)cc3)cnc2N)c1. The van der Waals surface area contributed by atoms with E-state index in [1.807, 2.05) is 24.3 Å². The minimum absolute atomic E-state index is 0.0146. The molecule has 0 aliphatic carbocycles. The fraction of sp³-hybridized carbons (Fsp3) is 0.0526. The highest BCUT2D eigenvalue weighted by molar-refractivity contribution is 7.71. The van der Waals surface area contributed by atoms with E-state index in [0.29, 0.717) is 16.9 Å². The summed E-state index contributed by atoms with van der Waals surface area (Å²) in [4.78, 5) is 15.6. The zero-order chi connectivity index (χ0) is 18.7. The van der Waals surface area contributed by atoms with Gasteiger partial charge in [-0.25, -0.2) is 13.4 Å². The lowest BCUT2D eigenvalue weighted by molar-refractivity contribution is 0.100. The van der Waals surface area contributed by atoms with Crippen LogP contribution in [0.3, 0.4) is 0 Å². The van der Waals surface area contributed by atoms with Crippen LogP contribution in [0, 0.1) is 0 Å². The topological polar surface area (TPSA) is 116 Å². The van der Waals surface area contributed by atoms with E-state index < -0.39 is 16.6 Å². The maximum atomic E-state index is 11.4. The van der Waals surface area contributed by atoms with Gasteiger partial charge in [0, 0.05) is 22.9 Å².